The lowest BCUT2D eigenvalue weighted by molar-refractivity contribution is 0.102. The van der Waals surface area contributed by atoms with Crippen molar-refractivity contribution in [3.8, 4) is 0 Å². The third-order valence-corrected chi connectivity index (χ3v) is 5.27. The third-order valence-electron chi connectivity index (χ3n) is 3.40. The molecule has 9 heteroatoms. The first-order valence-corrected chi connectivity index (χ1v) is 8.96. The van der Waals surface area contributed by atoms with Crippen molar-refractivity contribution in [2.45, 2.75) is 31.6 Å². The van der Waals surface area contributed by atoms with Gasteiger partial charge in [0.25, 0.3) is 5.91 Å². The summed E-state index contributed by atoms with van der Waals surface area (Å²) in [4.78, 5) is 12.2. The number of aromatic nitrogens is 2. The number of carbonyl (C=O) groups excluding carboxylic acids is 1. The smallest absolute Gasteiger partial charge is 0.322 e. The Morgan fingerprint density at radius 3 is 2.46 bits per heavy atom. The lowest BCUT2D eigenvalue weighted by Crippen LogP contribution is -2.28. The molecule has 1 N–H and O–H groups in total. The van der Waals surface area contributed by atoms with Crippen molar-refractivity contribution in [2.75, 3.05) is 18.9 Å². The first kappa shape index (κ1) is 18.1. The van der Waals surface area contributed by atoms with E-state index in [0.717, 1.165) is 12.8 Å². The Morgan fingerprint density at radius 1 is 1.25 bits per heavy atom. The number of aryl methyl sites for hydroxylation is 1. The molecule has 8 nitrogen and oxygen atoms in total. The molecule has 0 fully saturated rings. The SMILES string of the molecule is CCCCN(C)S(=O)(=O)c1ccc(C(=O)Nc2nnc(C)o2)cc1. The van der Waals surface area contributed by atoms with Crippen LogP contribution in [0.3, 0.4) is 0 Å². The van der Waals surface area contributed by atoms with Gasteiger partial charge in [-0.15, -0.1) is 5.10 Å². The third kappa shape index (κ3) is 4.18. The van der Waals surface area contributed by atoms with Gasteiger partial charge in [0.2, 0.25) is 15.9 Å². The Kier molecular flexibility index (Phi) is 5.68. The van der Waals surface area contributed by atoms with Gasteiger partial charge in [0, 0.05) is 26.1 Å². The maximum absolute atomic E-state index is 12.4. The van der Waals surface area contributed by atoms with E-state index in [1.165, 1.54) is 28.6 Å². The number of sulfonamides is 1. The molecular formula is C15H20N4O4S. The zero-order valence-corrected chi connectivity index (χ0v) is 14.6. The van der Waals surface area contributed by atoms with E-state index in [-0.39, 0.29) is 10.9 Å². The molecule has 0 saturated carbocycles. The summed E-state index contributed by atoms with van der Waals surface area (Å²) in [6, 6.07) is 5.70. The molecule has 1 heterocycles. The molecular weight excluding hydrogens is 332 g/mol. The molecule has 0 unspecified atom stereocenters. The largest absolute Gasteiger partial charge is 0.408 e. The number of amides is 1. The summed E-state index contributed by atoms with van der Waals surface area (Å²) in [6.45, 7) is 4.06. The lowest BCUT2D eigenvalue weighted by atomic mass is 10.2. The van der Waals surface area contributed by atoms with E-state index in [4.69, 9.17) is 4.42 Å². The highest BCUT2D eigenvalue weighted by molar-refractivity contribution is 7.89. The molecule has 1 amide bonds. The van der Waals surface area contributed by atoms with Gasteiger partial charge >= 0.3 is 6.01 Å². The second-order valence-corrected chi connectivity index (χ2v) is 7.33. The van der Waals surface area contributed by atoms with E-state index < -0.39 is 15.9 Å². The average molecular weight is 352 g/mol. The molecule has 0 saturated heterocycles. The van der Waals surface area contributed by atoms with Crippen LogP contribution < -0.4 is 5.32 Å². The minimum absolute atomic E-state index is 0.00602. The van der Waals surface area contributed by atoms with Crippen LogP contribution in [0.25, 0.3) is 0 Å². The van der Waals surface area contributed by atoms with Crippen molar-refractivity contribution < 1.29 is 17.6 Å². The fourth-order valence-corrected chi connectivity index (χ4v) is 3.18. The van der Waals surface area contributed by atoms with Crippen LogP contribution in [0.15, 0.2) is 33.6 Å². The first-order chi connectivity index (χ1) is 11.3. The van der Waals surface area contributed by atoms with Crippen molar-refractivity contribution >= 4 is 21.9 Å². The van der Waals surface area contributed by atoms with Crippen LogP contribution in [0.4, 0.5) is 6.01 Å². The lowest BCUT2D eigenvalue weighted by Gasteiger charge is -2.16. The monoisotopic (exact) mass is 352 g/mol. The molecule has 0 aliphatic rings. The molecule has 130 valence electrons. The highest BCUT2D eigenvalue weighted by Gasteiger charge is 2.20. The number of nitrogens with one attached hydrogen (secondary N) is 1. The van der Waals surface area contributed by atoms with Gasteiger partial charge in [-0.1, -0.05) is 18.4 Å². The van der Waals surface area contributed by atoms with E-state index in [1.54, 1.807) is 14.0 Å². The van der Waals surface area contributed by atoms with Crippen LogP contribution in [-0.4, -0.2) is 42.4 Å². The average Bonchev–Trinajstić information content (AvgIpc) is 2.97. The summed E-state index contributed by atoms with van der Waals surface area (Å²) in [5.74, 6) is -0.121. The first-order valence-electron chi connectivity index (χ1n) is 7.52. The van der Waals surface area contributed by atoms with E-state index in [1.807, 2.05) is 6.92 Å². The van der Waals surface area contributed by atoms with Crippen molar-refractivity contribution in [3.05, 3.63) is 35.7 Å². The molecule has 0 atom stereocenters. The van der Waals surface area contributed by atoms with Crippen LogP contribution in [0.5, 0.6) is 0 Å². The van der Waals surface area contributed by atoms with Gasteiger partial charge in [-0.25, -0.2) is 12.7 Å². The quantitative estimate of drug-likeness (QED) is 0.817. The van der Waals surface area contributed by atoms with Crippen molar-refractivity contribution in [3.63, 3.8) is 0 Å². The Morgan fingerprint density at radius 2 is 1.92 bits per heavy atom. The summed E-state index contributed by atoms with van der Waals surface area (Å²) >= 11 is 0. The Balaban J connectivity index is 2.10. The number of hydrogen-bond donors (Lipinski definition) is 1. The standard InChI is InChI=1S/C15H20N4O4S/c1-4-5-10-19(3)24(21,22)13-8-6-12(7-9-13)14(20)16-15-18-17-11(2)23-15/h6-9H,4-5,10H2,1-3H3,(H,16,18,20). The zero-order chi connectivity index (χ0) is 17.7. The van der Waals surface area contributed by atoms with E-state index in [0.29, 0.717) is 18.0 Å². The molecule has 0 bridgehead atoms. The molecule has 0 spiro atoms. The van der Waals surface area contributed by atoms with Crippen LogP contribution in [0.2, 0.25) is 0 Å². The van der Waals surface area contributed by atoms with Crippen LogP contribution in [0.1, 0.15) is 36.0 Å². The van der Waals surface area contributed by atoms with Gasteiger partial charge < -0.3 is 4.42 Å². The van der Waals surface area contributed by atoms with Gasteiger partial charge in [0.15, 0.2) is 0 Å². The Labute approximate surface area is 140 Å². The minimum Gasteiger partial charge on any atom is -0.408 e. The minimum atomic E-state index is -3.55. The number of nitrogens with zero attached hydrogens (tertiary/aromatic N) is 3. The Hall–Kier alpha value is -2.26. The van der Waals surface area contributed by atoms with Gasteiger partial charge in [-0.3, -0.25) is 10.1 Å². The molecule has 1 aromatic carbocycles. The van der Waals surface area contributed by atoms with Gasteiger partial charge in [0.1, 0.15) is 0 Å². The molecule has 0 aliphatic carbocycles. The number of benzene rings is 1. The number of unbranched alkanes of at least 4 members (excludes halogenated alkanes) is 1. The highest BCUT2D eigenvalue weighted by atomic mass is 32.2. The van der Waals surface area contributed by atoms with E-state index in [2.05, 4.69) is 15.5 Å². The number of hydrogen-bond acceptors (Lipinski definition) is 6. The fourth-order valence-electron chi connectivity index (χ4n) is 1.98. The zero-order valence-electron chi connectivity index (χ0n) is 13.8. The topological polar surface area (TPSA) is 105 Å². The maximum atomic E-state index is 12.4. The maximum Gasteiger partial charge on any atom is 0.322 e. The second-order valence-electron chi connectivity index (χ2n) is 5.28. The van der Waals surface area contributed by atoms with Crippen molar-refractivity contribution in [1.82, 2.24) is 14.5 Å². The van der Waals surface area contributed by atoms with Crippen molar-refractivity contribution in [2.24, 2.45) is 0 Å². The number of rotatable bonds is 7. The van der Waals surface area contributed by atoms with Crippen LogP contribution >= 0.6 is 0 Å². The summed E-state index contributed by atoms with van der Waals surface area (Å²) in [7, 11) is -2.00. The second kappa shape index (κ2) is 7.54. The molecule has 0 aliphatic heterocycles. The van der Waals surface area contributed by atoms with Crippen LogP contribution in [-0.2, 0) is 10.0 Å². The number of carbonyl (C=O) groups is 1. The van der Waals surface area contributed by atoms with Gasteiger partial charge in [-0.05, 0) is 30.7 Å². The van der Waals surface area contributed by atoms with Gasteiger partial charge in [-0.2, -0.15) is 0 Å². The molecule has 2 aromatic rings. The fraction of sp³-hybridized carbons (Fsp3) is 0.400. The molecule has 0 radical (unpaired) electrons. The summed E-state index contributed by atoms with van der Waals surface area (Å²) in [6.07, 6.45) is 1.70. The summed E-state index contributed by atoms with van der Waals surface area (Å²) in [5, 5.41) is 9.72. The molecule has 24 heavy (non-hydrogen) atoms. The molecule has 1 aromatic heterocycles. The number of anilines is 1. The van der Waals surface area contributed by atoms with E-state index >= 15 is 0 Å². The Bertz CT molecular complexity index is 799. The normalized spacial score (nSPS) is 11.7. The summed E-state index contributed by atoms with van der Waals surface area (Å²) in [5.41, 5.74) is 0.293. The molecule has 2 rings (SSSR count). The van der Waals surface area contributed by atoms with Gasteiger partial charge in [0.05, 0.1) is 4.90 Å². The predicted molar refractivity (Wildman–Crippen MR) is 88.2 cm³/mol. The van der Waals surface area contributed by atoms with Crippen molar-refractivity contribution in [1.29, 1.82) is 0 Å². The summed E-state index contributed by atoms with van der Waals surface area (Å²) < 4.78 is 31.2. The van der Waals surface area contributed by atoms with E-state index in [9.17, 15) is 13.2 Å². The highest BCUT2D eigenvalue weighted by Crippen LogP contribution is 2.16. The predicted octanol–water partition coefficient (Wildman–Crippen LogP) is 2.05. The van der Waals surface area contributed by atoms with Crippen LogP contribution in [0, 0.1) is 6.92 Å².